The van der Waals surface area contributed by atoms with E-state index in [0.29, 0.717) is 0 Å². The number of carbonyl (C=O) groups excluding carboxylic acids is 1. The van der Waals surface area contributed by atoms with Gasteiger partial charge in [0.25, 0.3) is 0 Å². The van der Waals surface area contributed by atoms with E-state index in [9.17, 15) is 4.79 Å². The number of rotatable bonds is 8. The Hall–Kier alpha value is -2.62. The van der Waals surface area contributed by atoms with Crippen molar-refractivity contribution in [2.75, 3.05) is 7.05 Å². The van der Waals surface area contributed by atoms with Gasteiger partial charge in [-0.3, -0.25) is 9.69 Å². The average Bonchev–Trinajstić information content (AvgIpc) is 3.70. The Morgan fingerprint density at radius 3 is 2.24 bits per heavy atom. The second kappa shape index (κ2) is 10.6. The number of hydrogen-bond acceptors (Lipinski definition) is 2. The number of benzene rings is 3. The number of halogens is 1. The Morgan fingerprint density at radius 1 is 0.946 bits per heavy atom. The summed E-state index contributed by atoms with van der Waals surface area (Å²) >= 11 is 6.10. The Balaban J connectivity index is 1.26. The predicted molar refractivity (Wildman–Crippen MR) is 153 cm³/mol. The summed E-state index contributed by atoms with van der Waals surface area (Å²) in [5.74, 6) is 0.525. The summed E-state index contributed by atoms with van der Waals surface area (Å²) in [4.78, 5) is 16.0. The van der Waals surface area contributed by atoms with Crippen molar-refractivity contribution >= 4 is 17.5 Å². The molecule has 0 heterocycles. The molecule has 3 aromatic rings. The largest absolute Gasteiger partial charge is 0.346 e. The normalized spacial score (nSPS) is 21.0. The van der Waals surface area contributed by atoms with Crippen molar-refractivity contribution in [3.8, 4) is 0 Å². The number of nitrogens with one attached hydrogen (secondary N) is 1. The first-order valence-corrected chi connectivity index (χ1v) is 14.1. The maximum atomic E-state index is 13.6. The van der Waals surface area contributed by atoms with E-state index in [-0.39, 0.29) is 28.8 Å². The molecule has 4 heteroatoms. The van der Waals surface area contributed by atoms with Crippen molar-refractivity contribution < 1.29 is 4.79 Å². The van der Waals surface area contributed by atoms with Crippen LogP contribution in [0.15, 0.2) is 78.9 Å². The van der Waals surface area contributed by atoms with Gasteiger partial charge in [0, 0.05) is 23.0 Å². The highest BCUT2D eigenvalue weighted by Gasteiger charge is 2.47. The molecule has 1 N–H and O–H groups in total. The Kier molecular flexibility index (Phi) is 7.47. The van der Waals surface area contributed by atoms with Crippen LogP contribution in [-0.2, 0) is 22.4 Å². The van der Waals surface area contributed by atoms with E-state index in [2.05, 4.69) is 97.8 Å². The molecule has 5 rings (SSSR count). The van der Waals surface area contributed by atoms with Crippen LogP contribution in [0, 0.1) is 5.92 Å². The molecule has 3 nitrogen and oxygen atoms in total. The van der Waals surface area contributed by atoms with E-state index in [4.69, 9.17) is 11.6 Å². The van der Waals surface area contributed by atoms with E-state index in [0.717, 1.165) is 43.7 Å². The molecular formula is C33H39ClN2O. The summed E-state index contributed by atoms with van der Waals surface area (Å²) in [5, 5.41) is 4.19. The molecule has 0 bridgehead atoms. The molecule has 1 amide bonds. The van der Waals surface area contributed by atoms with Crippen LogP contribution in [0.25, 0.3) is 0 Å². The van der Waals surface area contributed by atoms with Crippen molar-refractivity contribution in [2.24, 2.45) is 5.92 Å². The lowest BCUT2D eigenvalue weighted by molar-refractivity contribution is -0.127. The van der Waals surface area contributed by atoms with Crippen molar-refractivity contribution in [3.63, 3.8) is 0 Å². The van der Waals surface area contributed by atoms with Crippen LogP contribution in [0.3, 0.4) is 0 Å². The predicted octanol–water partition coefficient (Wildman–Crippen LogP) is 7.79. The molecule has 2 aliphatic carbocycles. The van der Waals surface area contributed by atoms with Gasteiger partial charge in [-0.2, -0.15) is 0 Å². The first-order chi connectivity index (χ1) is 17.8. The highest BCUT2D eigenvalue weighted by Crippen LogP contribution is 2.47. The first kappa shape index (κ1) is 26.0. The second-order valence-electron chi connectivity index (χ2n) is 11.6. The minimum absolute atomic E-state index is 0.0315. The summed E-state index contributed by atoms with van der Waals surface area (Å²) in [6.07, 6.45) is 6.35. The molecule has 2 atom stereocenters. The van der Waals surface area contributed by atoms with Gasteiger partial charge in [-0.25, -0.2) is 0 Å². The molecule has 2 aliphatic rings. The molecule has 0 aliphatic heterocycles. The minimum atomic E-state index is -0.205. The monoisotopic (exact) mass is 514 g/mol. The van der Waals surface area contributed by atoms with Crippen LogP contribution in [0.4, 0.5) is 0 Å². The standard InChI is InChI=1S/C33H39ClN2O/c1-32(2,26-9-5-4-6-10-26)36(3)23-24-13-15-25(16-14-24)29-11-7-8-12-30(29)31(37)35-33(21-22-33)27-17-19-28(34)20-18-27/h4-6,9-10,13-20,29-30H,7-8,11-12,21-23H2,1-3H3,(H,35,37)/t29-,30+/m1/s1. The first-order valence-electron chi connectivity index (χ1n) is 13.7. The van der Waals surface area contributed by atoms with Crippen LogP contribution in [-0.4, -0.2) is 17.9 Å². The lowest BCUT2D eigenvalue weighted by Gasteiger charge is -2.36. The third-order valence-corrected chi connectivity index (χ3v) is 9.13. The molecule has 0 aromatic heterocycles. The van der Waals surface area contributed by atoms with Crippen molar-refractivity contribution in [3.05, 3.63) is 106 Å². The van der Waals surface area contributed by atoms with E-state index in [1.807, 2.05) is 12.1 Å². The van der Waals surface area contributed by atoms with Crippen LogP contribution >= 0.6 is 11.6 Å². The van der Waals surface area contributed by atoms with Crippen LogP contribution in [0.2, 0.25) is 5.02 Å². The van der Waals surface area contributed by atoms with E-state index < -0.39 is 0 Å². The lowest BCUT2D eigenvalue weighted by Crippen LogP contribution is -2.41. The van der Waals surface area contributed by atoms with E-state index >= 15 is 0 Å². The maximum Gasteiger partial charge on any atom is 0.224 e. The van der Waals surface area contributed by atoms with E-state index in [1.54, 1.807) is 0 Å². The van der Waals surface area contributed by atoms with Gasteiger partial charge in [0.05, 0.1) is 5.54 Å². The molecule has 3 aromatic carbocycles. The molecule has 194 valence electrons. The van der Waals surface area contributed by atoms with E-state index in [1.165, 1.54) is 28.7 Å². The molecule has 0 radical (unpaired) electrons. The van der Waals surface area contributed by atoms with Gasteiger partial charge in [0.2, 0.25) is 5.91 Å². The topological polar surface area (TPSA) is 32.3 Å². The maximum absolute atomic E-state index is 13.6. The lowest BCUT2D eigenvalue weighted by atomic mass is 9.74. The molecular weight excluding hydrogens is 476 g/mol. The van der Waals surface area contributed by atoms with Crippen LogP contribution in [0.1, 0.15) is 80.5 Å². The van der Waals surface area contributed by atoms with Crippen LogP contribution in [0.5, 0.6) is 0 Å². The Labute approximate surface area is 227 Å². The van der Waals surface area contributed by atoms with Gasteiger partial charge >= 0.3 is 0 Å². The van der Waals surface area contributed by atoms with Gasteiger partial charge in [0.1, 0.15) is 0 Å². The molecule has 2 fully saturated rings. The quantitative estimate of drug-likeness (QED) is 0.332. The molecule has 0 saturated heterocycles. The van der Waals surface area contributed by atoms with Crippen molar-refractivity contribution in [2.45, 2.75) is 75.9 Å². The average molecular weight is 515 g/mol. The SMILES string of the molecule is CN(Cc1ccc([C@H]2CCCC[C@@H]2C(=O)NC2(c3ccc(Cl)cc3)CC2)cc1)C(C)(C)c1ccccc1. The zero-order valence-corrected chi connectivity index (χ0v) is 23.1. The van der Waals surface area contributed by atoms with Gasteiger partial charge in [-0.05, 0) is 86.9 Å². The van der Waals surface area contributed by atoms with Gasteiger partial charge in [-0.15, -0.1) is 0 Å². The van der Waals surface area contributed by atoms with Gasteiger partial charge < -0.3 is 5.32 Å². The second-order valence-corrected chi connectivity index (χ2v) is 12.0. The highest BCUT2D eigenvalue weighted by atomic mass is 35.5. The van der Waals surface area contributed by atoms with Gasteiger partial charge in [0.15, 0.2) is 0 Å². The van der Waals surface area contributed by atoms with Gasteiger partial charge in [-0.1, -0.05) is 91.2 Å². The summed E-state index contributed by atoms with van der Waals surface area (Å²) in [5.41, 5.74) is 4.82. The summed E-state index contributed by atoms with van der Waals surface area (Å²) in [6, 6.07) is 27.7. The third kappa shape index (κ3) is 5.63. The van der Waals surface area contributed by atoms with Crippen molar-refractivity contribution in [1.82, 2.24) is 10.2 Å². The number of amides is 1. The Morgan fingerprint density at radius 2 is 1.59 bits per heavy atom. The summed E-state index contributed by atoms with van der Waals surface area (Å²) < 4.78 is 0. The van der Waals surface area contributed by atoms with Crippen LogP contribution < -0.4 is 5.32 Å². The van der Waals surface area contributed by atoms with Crippen molar-refractivity contribution in [1.29, 1.82) is 0 Å². The smallest absolute Gasteiger partial charge is 0.224 e. The number of hydrogen-bond donors (Lipinski definition) is 1. The number of nitrogens with zero attached hydrogens (tertiary/aromatic N) is 1. The molecule has 37 heavy (non-hydrogen) atoms. The zero-order chi connectivity index (χ0) is 26.0. The fourth-order valence-electron chi connectivity index (χ4n) is 5.96. The number of carbonyl (C=O) groups is 1. The fraction of sp³-hybridized carbons (Fsp3) is 0.424. The molecule has 0 spiro atoms. The minimum Gasteiger partial charge on any atom is -0.346 e. The fourth-order valence-corrected chi connectivity index (χ4v) is 6.09. The molecule has 0 unspecified atom stereocenters. The summed E-state index contributed by atoms with van der Waals surface area (Å²) in [7, 11) is 2.19. The Bertz CT molecular complexity index is 1200. The molecule has 2 saturated carbocycles. The summed E-state index contributed by atoms with van der Waals surface area (Å²) in [6.45, 7) is 5.43. The highest BCUT2D eigenvalue weighted by molar-refractivity contribution is 6.30. The zero-order valence-electron chi connectivity index (χ0n) is 22.3. The third-order valence-electron chi connectivity index (χ3n) is 8.87.